The molecule has 5 heteroatoms. The summed E-state index contributed by atoms with van der Waals surface area (Å²) in [5.41, 5.74) is 2.43. The molecule has 0 saturated carbocycles. The van der Waals surface area contributed by atoms with Crippen LogP contribution in [0.1, 0.15) is 30.1 Å². The molecule has 0 radical (unpaired) electrons. The largest absolute Gasteiger partial charge is 0.457 e. The van der Waals surface area contributed by atoms with E-state index < -0.39 is 0 Å². The number of furan rings is 1. The highest BCUT2D eigenvalue weighted by atomic mass is 35.5. The molecular formula is C16H16ClN3O. The maximum atomic E-state index is 6.18. The first-order chi connectivity index (χ1) is 10.2. The second kappa shape index (κ2) is 5.84. The zero-order chi connectivity index (χ0) is 14.8. The number of nitrogens with zero attached hydrogens (tertiary/aromatic N) is 2. The van der Waals surface area contributed by atoms with Crippen molar-refractivity contribution in [2.24, 2.45) is 0 Å². The van der Waals surface area contributed by atoms with Gasteiger partial charge in [-0.3, -0.25) is 9.97 Å². The van der Waals surface area contributed by atoms with Crippen LogP contribution in [0.5, 0.6) is 0 Å². The highest BCUT2D eigenvalue weighted by molar-refractivity contribution is 6.34. The van der Waals surface area contributed by atoms with Crippen molar-refractivity contribution in [3.8, 4) is 0 Å². The Labute approximate surface area is 128 Å². The fourth-order valence-electron chi connectivity index (χ4n) is 2.30. The lowest BCUT2D eigenvalue weighted by atomic mass is 10.1. The van der Waals surface area contributed by atoms with E-state index in [0.29, 0.717) is 10.6 Å². The van der Waals surface area contributed by atoms with E-state index in [1.165, 1.54) is 0 Å². The zero-order valence-corrected chi connectivity index (χ0v) is 12.7. The van der Waals surface area contributed by atoms with E-state index in [-0.39, 0.29) is 6.04 Å². The van der Waals surface area contributed by atoms with Crippen molar-refractivity contribution in [3.63, 3.8) is 0 Å². The summed E-state index contributed by atoms with van der Waals surface area (Å²) in [5, 5.41) is 4.98. The van der Waals surface area contributed by atoms with Gasteiger partial charge in [0.15, 0.2) is 5.58 Å². The molecule has 0 aliphatic rings. The van der Waals surface area contributed by atoms with Crippen LogP contribution >= 0.6 is 11.6 Å². The Morgan fingerprint density at radius 2 is 2.14 bits per heavy atom. The normalized spacial score (nSPS) is 12.7. The first-order valence-corrected chi connectivity index (χ1v) is 7.26. The van der Waals surface area contributed by atoms with Gasteiger partial charge in [0.25, 0.3) is 0 Å². The molecule has 2 aromatic heterocycles. The maximum absolute atomic E-state index is 6.18. The van der Waals surface area contributed by atoms with Crippen LogP contribution in [0, 0.1) is 6.92 Å². The summed E-state index contributed by atoms with van der Waals surface area (Å²) in [6, 6.07) is 7.59. The number of aryl methyl sites for hydroxylation is 1. The van der Waals surface area contributed by atoms with E-state index in [4.69, 9.17) is 16.0 Å². The average molecular weight is 302 g/mol. The van der Waals surface area contributed by atoms with Crippen molar-refractivity contribution in [2.45, 2.75) is 19.9 Å². The van der Waals surface area contributed by atoms with Gasteiger partial charge in [0, 0.05) is 11.6 Å². The van der Waals surface area contributed by atoms with Gasteiger partial charge in [-0.25, -0.2) is 0 Å². The molecule has 0 bridgehead atoms. The monoisotopic (exact) mass is 301 g/mol. The smallest absolute Gasteiger partial charge is 0.152 e. The van der Waals surface area contributed by atoms with Gasteiger partial charge in [-0.1, -0.05) is 30.7 Å². The molecule has 0 spiro atoms. The van der Waals surface area contributed by atoms with Crippen molar-refractivity contribution in [3.05, 3.63) is 58.8 Å². The first kappa shape index (κ1) is 14.0. The standard InChI is InChI=1S/C16H16ClN3O/c1-3-18-15(13-9-19-10(2)8-20-13)14-7-11-5-4-6-12(17)16(11)21-14/h4-9,15,18H,3H2,1-2H3. The van der Waals surface area contributed by atoms with E-state index in [2.05, 4.69) is 15.3 Å². The number of nitrogens with one attached hydrogen (secondary N) is 1. The highest BCUT2D eigenvalue weighted by Crippen LogP contribution is 2.31. The molecule has 0 saturated heterocycles. The maximum Gasteiger partial charge on any atom is 0.152 e. The van der Waals surface area contributed by atoms with Crippen LogP contribution in [0.15, 0.2) is 41.1 Å². The Morgan fingerprint density at radius 1 is 1.29 bits per heavy atom. The number of benzene rings is 1. The Bertz CT molecular complexity index is 752. The van der Waals surface area contributed by atoms with Gasteiger partial charge in [0.1, 0.15) is 11.8 Å². The number of rotatable bonds is 4. The third kappa shape index (κ3) is 2.77. The van der Waals surface area contributed by atoms with Crippen molar-refractivity contribution < 1.29 is 4.42 Å². The summed E-state index contributed by atoms with van der Waals surface area (Å²) < 4.78 is 5.94. The van der Waals surface area contributed by atoms with Gasteiger partial charge in [-0.05, 0) is 25.6 Å². The molecule has 0 aliphatic heterocycles. The van der Waals surface area contributed by atoms with Gasteiger partial charge < -0.3 is 9.73 Å². The van der Waals surface area contributed by atoms with Crippen LogP contribution in [0.3, 0.4) is 0 Å². The van der Waals surface area contributed by atoms with E-state index >= 15 is 0 Å². The van der Waals surface area contributed by atoms with Gasteiger partial charge in [-0.2, -0.15) is 0 Å². The minimum absolute atomic E-state index is 0.133. The molecule has 21 heavy (non-hydrogen) atoms. The lowest BCUT2D eigenvalue weighted by molar-refractivity contribution is 0.470. The Balaban J connectivity index is 2.06. The molecule has 0 fully saturated rings. The molecule has 1 N–H and O–H groups in total. The van der Waals surface area contributed by atoms with Gasteiger partial charge in [0.05, 0.1) is 22.6 Å². The van der Waals surface area contributed by atoms with Crippen molar-refractivity contribution in [1.29, 1.82) is 0 Å². The van der Waals surface area contributed by atoms with E-state index in [0.717, 1.165) is 29.1 Å². The van der Waals surface area contributed by atoms with Crippen molar-refractivity contribution in [2.75, 3.05) is 6.54 Å². The third-order valence-electron chi connectivity index (χ3n) is 3.30. The number of halogens is 1. The fraction of sp³-hybridized carbons (Fsp3) is 0.250. The molecule has 1 atom stereocenters. The van der Waals surface area contributed by atoms with Crippen LogP contribution in [0.2, 0.25) is 5.02 Å². The molecule has 3 rings (SSSR count). The summed E-state index contributed by atoms with van der Waals surface area (Å²) in [4.78, 5) is 8.76. The molecule has 3 aromatic rings. The molecule has 108 valence electrons. The van der Waals surface area contributed by atoms with E-state index in [1.807, 2.05) is 38.1 Å². The van der Waals surface area contributed by atoms with Crippen LogP contribution in [0.4, 0.5) is 0 Å². The summed E-state index contributed by atoms with van der Waals surface area (Å²) in [7, 11) is 0. The number of fused-ring (bicyclic) bond motifs is 1. The van der Waals surface area contributed by atoms with Crippen LogP contribution in [-0.2, 0) is 0 Å². The highest BCUT2D eigenvalue weighted by Gasteiger charge is 2.20. The minimum Gasteiger partial charge on any atom is -0.457 e. The van der Waals surface area contributed by atoms with Gasteiger partial charge in [0.2, 0.25) is 0 Å². The first-order valence-electron chi connectivity index (χ1n) is 6.89. The molecule has 2 heterocycles. The average Bonchev–Trinajstić information content (AvgIpc) is 2.91. The predicted molar refractivity (Wildman–Crippen MR) is 83.5 cm³/mol. The van der Waals surface area contributed by atoms with Crippen LogP contribution < -0.4 is 5.32 Å². The summed E-state index contributed by atoms with van der Waals surface area (Å²) >= 11 is 6.18. The summed E-state index contributed by atoms with van der Waals surface area (Å²) in [6.07, 6.45) is 3.53. The van der Waals surface area contributed by atoms with Crippen molar-refractivity contribution in [1.82, 2.24) is 15.3 Å². The Morgan fingerprint density at radius 3 is 2.81 bits per heavy atom. The molecular weight excluding hydrogens is 286 g/mol. The zero-order valence-electron chi connectivity index (χ0n) is 11.9. The van der Waals surface area contributed by atoms with Crippen LogP contribution in [-0.4, -0.2) is 16.5 Å². The lowest BCUT2D eigenvalue weighted by Crippen LogP contribution is -2.22. The minimum atomic E-state index is -0.133. The number of hydrogen-bond donors (Lipinski definition) is 1. The molecule has 1 unspecified atom stereocenters. The molecule has 1 aromatic carbocycles. The Kier molecular flexibility index (Phi) is 3.90. The van der Waals surface area contributed by atoms with E-state index in [1.54, 1.807) is 12.4 Å². The summed E-state index contributed by atoms with van der Waals surface area (Å²) in [6.45, 7) is 4.76. The third-order valence-corrected chi connectivity index (χ3v) is 3.60. The second-order valence-electron chi connectivity index (χ2n) is 4.88. The quantitative estimate of drug-likeness (QED) is 0.794. The molecule has 4 nitrogen and oxygen atoms in total. The summed E-state index contributed by atoms with van der Waals surface area (Å²) in [5.74, 6) is 0.790. The number of hydrogen-bond acceptors (Lipinski definition) is 4. The lowest BCUT2D eigenvalue weighted by Gasteiger charge is -2.14. The fourth-order valence-corrected chi connectivity index (χ4v) is 2.52. The number of aromatic nitrogens is 2. The van der Waals surface area contributed by atoms with Crippen LogP contribution in [0.25, 0.3) is 11.0 Å². The topological polar surface area (TPSA) is 51.0 Å². The predicted octanol–water partition coefficient (Wildman–Crippen LogP) is 3.88. The molecule has 0 amide bonds. The van der Waals surface area contributed by atoms with Gasteiger partial charge >= 0.3 is 0 Å². The second-order valence-corrected chi connectivity index (χ2v) is 5.29. The SMILES string of the molecule is CCNC(c1cnc(C)cn1)c1cc2cccc(Cl)c2o1. The van der Waals surface area contributed by atoms with Gasteiger partial charge in [-0.15, -0.1) is 0 Å². The molecule has 0 aliphatic carbocycles. The number of para-hydroxylation sites is 1. The van der Waals surface area contributed by atoms with E-state index in [9.17, 15) is 0 Å². The van der Waals surface area contributed by atoms with Crippen molar-refractivity contribution >= 4 is 22.6 Å². The Hall–Kier alpha value is -1.91.